The van der Waals surface area contributed by atoms with Gasteiger partial charge in [0.1, 0.15) is 6.10 Å². The van der Waals surface area contributed by atoms with Gasteiger partial charge in [-0.15, -0.1) is 0 Å². The molecule has 2 aliphatic heterocycles. The number of ether oxygens (including phenoxy) is 1. The Morgan fingerprint density at radius 2 is 2.31 bits per heavy atom. The van der Waals surface area contributed by atoms with E-state index in [-0.39, 0.29) is 6.10 Å². The van der Waals surface area contributed by atoms with Crippen molar-refractivity contribution in [3.05, 3.63) is 22.8 Å². The Hall–Kier alpha value is -1.00. The highest BCUT2D eigenvalue weighted by Gasteiger charge is 2.23. The maximum absolute atomic E-state index is 5.64. The summed E-state index contributed by atoms with van der Waals surface area (Å²) in [5.41, 5.74) is 3.62. The van der Waals surface area contributed by atoms with Crippen LogP contribution in [0.4, 0.5) is 0 Å². The van der Waals surface area contributed by atoms with Crippen LogP contribution in [0.15, 0.2) is 0 Å². The minimum Gasteiger partial charge on any atom is -0.370 e. The number of aromatic nitrogens is 2. The second-order valence-corrected chi connectivity index (χ2v) is 4.52. The van der Waals surface area contributed by atoms with E-state index in [4.69, 9.17) is 4.74 Å². The molecular weight excluding hydrogens is 202 g/mol. The first-order valence-corrected chi connectivity index (χ1v) is 6.03. The monoisotopic (exact) mass is 219 g/mol. The van der Waals surface area contributed by atoms with Gasteiger partial charge in [0, 0.05) is 37.4 Å². The van der Waals surface area contributed by atoms with E-state index < -0.39 is 0 Å². The second-order valence-electron chi connectivity index (χ2n) is 4.52. The molecule has 1 aromatic heterocycles. The molecule has 16 heavy (non-hydrogen) atoms. The lowest BCUT2D eigenvalue weighted by molar-refractivity contribution is 0.104. The van der Waals surface area contributed by atoms with Crippen LogP contribution in [0.5, 0.6) is 0 Å². The molecule has 0 spiro atoms. The van der Waals surface area contributed by atoms with Crippen molar-refractivity contribution in [1.82, 2.24) is 15.3 Å². The Bertz CT molecular complexity index is 399. The van der Waals surface area contributed by atoms with Crippen LogP contribution in [0.1, 0.15) is 41.7 Å². The van der Waals surface area contributed by atoms with Gasteiger partial charge in [0.15, 0.2) is 5.82 Å². The van der Waals surface area contributed by atoms with E-state index in [1.165, 1.54) is 11.3 Å². The molecule has 0 aliphatic carbocycles. The Labute approximate surface area is 95.4 Å². The summed E-state index contributed by atoms with van der Waals surface area (Å²) in [5.74, 6) is 0.899. The number of nitrogens with zero attached hydrogens (tertiary/aromatic N) is 2. The first-order valence-electron chi connectivity index (χ1n) is 6.03. The topological polar surface area (TPSA) is 47.0 Å². The van der Waals surface area contributed by atoms with E-state index in [1.54, 1.807) is 0 Å². The summed E-state index contributed by atoms with van der Waals surface area (Å²) >= 11 is 0. The van der Waals surface area contributed by atoms with Gasteiger partial charge in [-0.25, -0.2) is 9.97 Å². The van der Waals surface area contributed by atoms with E-state index in [2.05, 4.69) is 22.2 Å². The zero-order valence-electron chi connectivity index (χ0n) is 9.62. The average Bonchev–Trinajstić information content (AvgIpc) is 2.82. The van der Waals surface area contributed by atoms with E-state index in [0.29, 0.717) is 0 Å². The van der Waals surface area contributed by atoms with Gasteiger partial charge in [-0.1, -0.05) is 0 Å². The van der Waals surface area contributed by atoms with Gasteiger partial charge in [-0.2, -0.15) is 0 Å². The molecule has 1 aromatic rings. The standard InChI is InChI=1S/C12H17N3O/c1-8-9-7-13-5-4-10(9)15-12(14-8)11-3-2-6-16-11/h11,13H,2-7H2,1H3. The Morgan fingerprint density at radius 1 is 1.38 bits per heavy atom. The fourth-order valence-corrected chi connectivity index (χ4v) is 2.46. The van der Waals surface area contributed by atoms with Gasteiger partial charge in [0.05, 0.1) is 5.69 Å². The smallest absolute Gasteiger partial charge is 0.157 e. The summed E-state index contributed by atoms with van der Waals surface area (Å²) < 4.78 is 5.64. The molecule has 0 amide bonds. The number of hydrogen-bond donors (Lipinski definition) is 1. The molecule has 0 saturated carbocycles. The van der Waals surface area contributed by atoms with Crippen LogP contribution in [-0.2, 0) is 17.7 Å². The fourth-order valence-electron chi connectivity index (χ4n) is 2.46. The van der Waals surface area contributed by atoms with Gasteiger partial charge in [-0.05, 0) is 19.8 Å². The Morgan fingerprint density at radius 3 is 3.12 bits per heavy atom. The molecule has 4 heteroatoms. The highest BCUT2D eigenvalue weighted by molar-refractivity contribution is 5.27. The van der Waals surface area contributed by atoms with Gasteiger partial charge in [0.2, 0.25) is 0 Å². The zero-order chi connectivity index (χ0) is 11.0. The van der Waals surface area contributed by atoms with Crippen LogP contribution in [-0.4, -0.2) is 23.1 Å². The lowest BCUT2D eigenvalue weighted by atomic mass is 10.1. The quantitative estimate of drug-likeness (QED) is 0.773. The summed E-state index contributed by atoms with van der Waals surface area (Å²) in [5, 5.41) is 3.36. The number of nitrogens with one attached hydrogen (secondary N) is 1. The lowest BCUT2D eigenvalue weighted by Gasteiger charge is -2.20. The van der Waals surface area contributed by atoms with Crippen molar-refractivity contribution >= 4 is 0 Å². The van der Waals surface area contributed by atoms with Gasteiger partial charge >= 0.3 is 0 Å². The molecule has 3 rings (SSSR count). The predicted molar refractivity (Wildman–Crippen MR) is 60.1 cm³/mol. The predicted octanol–water partition coefficient (Wildman–Crippen LogP) is 1.28. The molecule has 3 heterocycles. The van der Waals surface area contributed by atoms with Crippen LogP contribution in [0.3, 0.4) is 0 Å². The molecule has 1 saturated heterocycles. The molecule has 1 atom stereocenters. The van der Waals surface area contributed by atoms with Crippen LogP contribution in [0.25, 0.3) is 0 Å². The van der Waals surface area contributed by atoms with E-state index in [0.717, 1.165) is 50.5 Å². The fraction of sp³-hybridized carbons (Fsp3) is 0.667. The van der Waals surface area contributed by atoms with Crippen molar-refractivity contribution in [2.75, 3.05) is 13.2 Å². The van der Waals surface area contributed by atoms with Crippen LogP contribution in [0, 0.1) is 6.92 Å². The normalized spacial score (nSPS) is 24.4. The van der Waals surface area contributed by atoms with E-state index >= 15 is 0 Å². The summed E-state index contributed by atoms with van der Waals surface area (Å²) in [6, 6.07) is 0. The van der Waals surface area contributed by atoms with Crippen LogP contribution in [0.2, 0.25) is 0 Å². The number of fused-ring (bicyclic) bond motifs is 1. The second kappa shape index (κ2) is 4.11. The van der Waals surface area contributed by atoms with Crippen molar-refractivity contribution in [3.63, 3.8) is 0 Å². The summed E-state index contributed by atoms with van der Waals surface area (Å²) in [7, 11) is 0. The van der Waals surface area contributed by atoms with Crippen LogP contribution < -0.4 is 5.32 Å². The maximum Gasteiger partial charge on any atom is 0.157 e. The highest BCUT2D eigenvalue weighted by Crippen LogP contribution is 2.27. The largest absolute Gasteiger partial charge is 0.370 e. The third-order valence-corrected chi connectivity index (χ3v) is 3.37. The molecule has 1 fully saturated rings. The van der Waals surface area contributed by atoms with Crippen molar-refractivity contribution in [2.45, 2.75) is 38.8 Å². The molecule has 4 nitrogen and oxygen atoms in total. The molecule has 2 aliphatic rings. The Balaban J connectivity index is 1.97. The number of aryl methyl sites for hydroxylation is 1. The molecule has 0 bridgehead atoms. The van der Waals surface area contributed by atoms with Gasteiger partial charge in [0.25, 0.3) is 0 Å². The van der Waals surface area contributed by atoms with Gasteiger partial charge < -0.3 is 10.1 Å². The van der Waals surface area contributed by atoms with Crippen LogP contribution >= 0.6 is 0 Å². The highest BCUT2D eigenvalue weighted by atomic mass is 16.5. The van der Waals surface area contributed by atoms with E-state index in [9.17, 15) is 0 Å². The summed E-state index contributed by atoms with van der Waals surface area (Å²) in [4.78, 5) is 9.27. The zero-order valence-corrected chi connectivity index (χ0v) is 9.62. The van der Waals surface area contributed by atoms with E-state index in [1.807, 2.05) is 0 Å². The third-order valence-electron chi connectivity index (χ3n) is 3.37. The molecule has 1 N–H and O–H groups in total. The van der Waals surface area contributed by atoms with Crippen molar-refractivity contribution in [3.8, 4) is 0 Å². The molecular formula is C12H17N3O. The minimum absolute atomic E-state index is 0.138. The molecule has 0 radical (unpaired) electrons. The summed E-state index contributed by atoms with van der Waals surface area (Å²) in [6.45, 7) is 4.86. The molecule has 1 unspecified atom stereocenters. The molecule has 0 aromatic carbocycles. The SMILES string of the molecule is Cc1nc(C2CCCO2)nc2c1CNCC2. The first-order chi connectivity index (χ1) is 7.84. The average molecular weight is 219 g/mol. The maximum atomic E-state index is 5.64. The van der Waals surface area contributed by atoms with Crippen molar-refractivity contribution < 1.29 is 4.74 Å². The number of rotatable bonds is 1. The third kappa shape index (κ3) is 1.72. The van der Waals surface area contributed by atoms with Gasteiger partial charge in [-0.3, -0.25) is 0 Å². The summed E-state index contributed by atoms with van der Waals surface area (Å²) in [6.07, 6.45) is 3.35. The first kappa shape index (κ1) is 10.2. The number of hydrogen-bond acceptors (Lipinski definition) is 4. The Kier molecular flexibility index (Phi) is 2.61. The molecule has 86 valence electrons. The van der Waals surface area contributed by atoms with Crippen molar-refractivity contribution in [1.29, 1.82) is 0 Å². The minimum atomic E-state index is 0.138. The van der Waals surface area contributed by atoms with Crippen molar-refractivity contribution in [2.24, 2.45) is 0 Å². The lowest BCUT2D eigenvalue weighted by Crippen LogP contribution is -2.27.